The Morgan fingerprint density at radius 2 is 1.79 bits per heavy atom. The van der Waals surface area contributed by atoms with Crippen molar-refractivity contribution in [1.82, 2.24) is 4.90 Å². The van der Waals surface area contributed by atoms with Crippen molar-refractivity contribution < 1.29 is 22.7 Å². The standard InChI is InChI=1S/C23H26F3N3O2.C2H6/c1-6-20(22(30)28(3)4)29(14-16-7-10-21(31-5)15(2)11-16)18-9-8-17(13-27)19(12-18)23(24,25)26;1-2/h7-12,20H,6,14H2,1-5H3;1-2H3. The smallest absolute Gasteiger partial charge is 0.417 e. The van der Waals surface area contributed by atoms with Gasteiger partial charge in [0.15, 0.2) is 0 Å². The predicted octanol–water partition coefficient (Wildman–Crippen LogP) is 5.79. The molecule has 0 aliphatic heterocycles. The van der Waals surface area contributed by atoms with Gasteiger partial charge in [-0.2, -0.15) is 18.4 Å². The van der Waals surface area contributed by atoms with E-state index in [1.54, 1.807) is 38.2 Å². The maximum Gasteiger partial charge on any atom is 0.417 e. The maximum atomic E-state index is 13.6. The van der Waals surface area contributed by atoms with Crippen LogP contribution in [-0.2, 0) is 17.5 Å². The maximum absolute atomic E-state index is 13.6. The lowest BCUT2D eigenvalue weighted by Crippen LogP contribution is -2.46. The van der Waals surface area contributed by atoms with Gasteiger partial charge in [-0.15, -0.1) is 0 Å². The van der Waals surface area contributed by atoms with Crippen molar-refractivity contribution in [3.8, 4) is 11.8 Å². The van der Waals surface area contributed by atoms with E-state index in [-0.39, 0.29) is 18.1 Å². The second-order valence-electron chi connectivity index (χ2n) is 7.43. The van der Waals surface area contributed by atoms with Crippen LogP contribution < -0.4 is 9.64 Å². The molecule has 0 saturated carbocycles. The molecule has 33 heavy (non-hydrogen) atoms. The van der Waals surface area contributed by atoms with Crippen molar-refractivity contribution >= 4 is 11.6 Å². The summed E-state index contributed by atoms with van der Waals surface area (Å²) in [6.07, 6.45) is -4.29. The quantitative estimate of drug-likeness (QED) is 0.521. The fourth-order valence-electron chi connectivity index (χ4n) is 3.49. The molecule has 0 radical (unpaired) electrons. The second-order valence-corrected chi connectivity index (χ2v) is 7.43. The average Bonchev–Trinajstić information content (AvgIpc) is 2.79. The van der Waals surface area contributed by atoms with Crippen LogP contribution in [-0.4, -0.2) is 38.1 Å². The van der Waals surface area contributed by atoms with Gasteiger partial charge in [-0.1, -0.05) is 32.9 Å². The number of aryl methyl sites for hydroxylation is 1. The summed E-state index contributed by atoms with van der Waals surface area (Å²) in [6, 6.07) is 9.96. The van der Waals surface area contributed by atoms with Crippen molar-refractivity contribution in [2.24, 2.45) is 0 Å². The van der Waals surface area contributed by atoms with Crippen molar-refractivity contribution in [3.05, 3.63) is 58.7 Å². The third-order valence-electron chi connectivity index (χ3n) is 5.06. The van der Waals surface area contributed by atoms with Crippen LogP contribution in [0.3, 0.4) is 0 Å². The summed E-state index contributed by atoms with van der Waals surface area (Å²) in [6.45, 7) is 7.90. The summed E-state index contributed by atoms with van der Waals surface area (Å²) in [5, 5.41) is 9.11. The van der Waals surface area contributed by atoms with E-state index in [4.69, 9.17) is 10.00 Å². The van der Waals surface area contributed by atoms with Crippen LogP contribution in [0.2, 0.25) is 0 Å². The molecular formula is C25H32F3N3O2. The number of hydrogen-bond donors (Lipinski definition) is 0. The Balaban J connectivity index is 0.00000265. The topological polar surface area (TPSA) is 56.6 Å². The molecule has 2 aromatic carbocycles. The number of halogens is 3. The fourth-order valence-corrected chi connectivity index (χ4v) is 3.49. The van der Waals surface area contributed by atoms with Crippen molar-refractivity contribution in [1.29, 1.82) is 5.26 Å². The number of carbonyl (C=O) groups is 1. The van der Waals surface area contributed by atoms with Gasteiger partial charge in [-0.05, 0) is 48.7 Å². The van der Waals surface area contributed by atoms with Crippen LogP contribution in [0.15, 0.2) is 36.4 Å². The lowest BCUT2D eigenvalue weighted by molar-refractivity contribution is -0.137. The molecule has 2 rings (SSSR count). The Morgan fingerprint density at radius 3 is 2.24 bits per heavy atom. The summed E-state index contributed by atoms with van der Waals surface area (Å²) >= 11 is 0. The Labute approximate surface area is 194 Å². The number of ether oxygens (including phenoxy) is 1. The van der Waals surface area contributed by atoms with Crippen LogP contribution in [0.25, 0.3) is 0 Å². The molecule has 5 nitrogen and oxygen atoms in total. The highest BCUT2D eigenvalue weighted by Crippen LogP contribution is 2.35. The highest BCUT2D eigenvalue weighted by molar-refractivity contribution is 5.85. The number of carbonyl (C=O) groups excluding carboxylic acids is 1. The zero-order valence-corrected chi connectivity index (χ0v) is 20.2. The highest BCUT2D eigenvalue weighted by atomic mass is 19.4. The molecular weight excluding hydrogens is 431 g/mol. The van der Waals surface area contributed by atoms with Gasteiger partial charge < -0.3 is 14.5 Å². The van der Waals surface area contributed by atoms with Crippen LogP contribution in [0.5, 0.6) is 5.75 Å². The highest BCUT2D eigenvalue weighted by Gasteiger charge is 2.35. The zero-order chi connectivity index (χ0) is 25.3. The molecule has 0 fully saturated rings. The van der Waals surface area contributed by atoms with Gasteiger partial charge in [0, 0.05) is 26.3 Å². The molecule has 0 heterocycles. The van der Waals surface area contributed by atoms with E-state index in [0.717, 1.165) is 23.3 Å². The van der Waals surface area contributed by atoms with Gasteiger partial charge in [0.25, 0.3) is 0 Å². The Kier molecular flexibility index (Phi) is 10.2. The SMILES string of the molecule is CC.CCC(C(=O)N(C)C)N(Cc1ccc(OC)c(C)c1)c1ccc(C#N)c(C(F)(F)F)c1. The average molecular weight is 464 g/mol. The first kappa shape index (κ1) is 27.8. The molecule has 0 bridgehead atoms. The van der Waals surface area contributed by atoms with E-state index in [0.29, 0.717) is 12.2 Å². The van der Waals surface area contributed by atoms with Gasteiger partial charge in [0.2, 0.25) is 5.91 Å². The molecule has 0 aliphatic carbocycles. The van der Waals surface area contributed by atoms with Crippen LogP contribution >= 0.6 is 0 Å². The number of benzene rings is 2. The van der Waals surface area contributed by atoms with E-state index in [9.17, 15) is 18.0 Å². The minimum Gasteiger partial charge on any atom is -0.496 e. The summed E-state index contributed by atoms with van der Waals surface area (Å²) in [5.41, 5.74) is 0.449. The van der Waals surface area contributed by atoms with Gasteiger partial charge >= 0.3 is 6.18 Å². The zero-order valence-electron chi connectivity index (χ0n) is 20.2. The van der Waals surface area contributed by atoms with E-state index >= 15 is 0 Å². The van der Waals surface area contributed by atoms with Gasteiger partial charge in [0.05, 0.1) is 24.3 Å². The molecule has 180 valence electrons. The van der Waals surface area contributed by atoms with Crippen molar-refractivity contribution in [2.75, 3.05) is 26.1 Å². The largest absolute Gasteiger partial charge is 0.496 e. The lowest BCUT2D eigenvalue weighted by atomic mass is 10.0. The Morgan fingerprint density at radius 1 is 1.15 bits per heavy atom. The molecule has 1 amide bonds. The first-order valence-corrected chi connectivity index (χ1v) is 10.8. The molecule has 0 saturated heterocycles. The third kappa shape index (κ3) is 6.88. The number of likely N-dealkylation sites (N-methyl/N-ethyl adjacent to an activating group) is 1. The number of amides is 1. The Bertz CT molecular complexity index is 982. The van der Waals surface area contributed by atoms with Gasteiger partial charge in [0.1, 0.15) is 11.8 Å². The normalized spacial score (nSPS) is 11.5. The molecule has 1 atom stereocenters. The van der Waals surface area contributed by atoms with E-state index in [1.165, 1.54) is 11.0 Å². The number of nitriles is 1. The summed E-state index contributed by atoms with van der Waals surface area (Å²) < 4.78 is 45.9. The van der Waals surface area contributed by atoms with E-state index in [2.05, 4.69) is 0 Å². The van der Waals surface area contributed by atoms with Gasteiger partial charge in [-0.25, -0.2) is 0 Å². The fraction of sp³-hybridized carbons (Fsp3) is 0.440. The van der Waals surface area contributed by atoms with Crippen molar-refractivity contribution in [3.63, 3.8) is 0 Å². The van der Waals surface area contributed by atoms with E-state index < -0.39 is 23.3 Å². The predicted molar refractivity (Wildman–Crippen MR) is 124 cm³/mol. The van der Waals surface area contributed by atoms with Crippen molar-refractivity contribution in [2.45, 2.75) is 52.9 Å². The molecule has 2 aromatic rings. The summed E-state index contributed by atoms with van der Waals surface area (Å²) in [4.78, 5) is 15.9. The summed E-state index contributed by atoms with van der Waals surface area (Å²) in [5.74, 6) is 0.482. The number of nitrogens with zero attached hydrogens (tertiary/aromatic N) is 3. The number of alkyl halides is 3. The number of methoxy groups -OCH3 is 1. The third-order valence-corrected chi connectivity index (χ3v) is 5.06. The first-order chi connectivity index (χ1) is 15.5. The molecule has 0 aromatic heterocycles. The lowest BCUT2D eigenvalue weighted by Gasteiger charge is -2.34. The monoisotopic (exact) mass is 463 g/mol. The summed E-state index contributed by atoms with van der Waals surface area (Å²) in [7, 11) is 4.79. The minimum absolute atomic E-state index is 0.214. The van der Waals surface area contributed by atoms with E-state index in [1.807, 2.05) is 39.8 Å². The van der Waals surface area contributed by atoms with Gasteiger partial charge in [-0.3, -0.25) is 4.79 Å². The molecule has 0 aliphatic rings. The molecule has 0 N–H and O–H groups in total. The molecule has 8 heteroatoms. The number of hydrogen-bond acceptors (Lipinski definition) is 4. The second kappa shape index (κ2) is 12.1. The van der Waals surface area contributed by atoms with Crippen LogP contribution in [0, 0.1) is 18.3 Å². The molecule has 1 unspecified atom stereocenters. The minimum atomic E-state index is -4.68. The van der Waals surface area contributed by atoms with Crippen LogP contribution in [0.4, 0.5) is 18.9 Å². The Hall–Kier alpha value is -3.21. The van der Waals surface area contributed by atoms with Crippen LogP contribution in [0.1, 0.15) is 49.4 Å². The number of rotatable bonds is 7. The first-order valence-electron chi connectivity index (χ1n) is 10.8. The number of anilines is 1. The molecule has 0 spiro atoms.